The van der Waals surface area contributed by atoms with Crippen LogP contribution in [0, 0.1) is 0 Å². The molecule has 1 aromatic rings. The minimum absolute atomic E-state index is 0.281. The van der Waals surface area contributed by atoms with Crippen LogP contribution in [0.1, 0.15) is 17.5 Å². The van der Waals surface area contributed by atoms with Crippen LogP contribution in [-0.4, -0.2) is 48.7 Å². The Hall–Kier alpha value is -0.890. The molecular formula is C13H15ClF3N3O. The number of morpholine rings is 1. The molecule has 116 valence electrons. The molecule has 0 unspecified atom stereocenters. The molecule has 4 nitrogen and oxygen atoms in total. The number of ether oxygens (including phenoxy) is 1. The van der Waals surface area contributed by atoms with Crippen LogP contribution >= 0.6 is 11.6 Å². The van der Waals surface area contributed by atoms with Crippen molar-refractivity contribution in [2.24, 2.45) is 0 Å². The molecule has 1 aromatic heterocycles. The highest BCUT2D eigenvalue weighted by Crippen LogP contribution is 2.35. The van der Waals surface area contributed by atoms with E-state index in [2.05, 4.69) is 15.2 Å². The number of hydrogen-bond acceptors (Lipinski definition) is 4. The summed E-state index contributed by atoms with van der Waals surface area (Å²) in [4.78, 5) is 5.91. The number of halogens is 4. The van der Waals surface area contributed by atoms with Gasteiger partial charge in [0.15, 0.2) is 5.69 Å². The van der Waals surface area contributed by atoms with Crippen LogP contribution in [0.25, 0.3) is 0 Å². The number of hydrogen-bond donors (Lipinski definition) is 1. The molecule has 0 spiro atoms. The van der Waals surface area contributed by atoms with E-state index in [0.29, 0.717) is 13.2 Å². The van der Waals surface area contributed by atoms with E-state index in [-0.39, 0.29) is 16.8 Å². The summed E-state index contributed by atoms with van der Waals surface area (Å²) in [5.41, 5.74) is -0.767. The van der Waals surface area contributed by atoms with Gasteiger partial charge in [-0.1, -0.05) is 11.6 Å². The molecule has 2 saturated heterocycles. The smallest absolute Gasteiger partial charge is 0.369 e. The van der Waals surface area contributed by atoms with Crippen molar-refractivity contribution in [1.82, 2.24) is 15.2 Å². The number of piperazine rings is 1. The van der Waals surface area contributed by atoms with Gasteiger partial charge in [0.2, 0.25) is 0 Å². The van der Waals surface area contributed by atoms with Crippen molar-refractivity contribution in [3.05, 3.63) is 28.5 Å². The quantitative estimate of drug-likeness (QED) is 0.859. The van der Waals surface area contributed by atoms with Gasteiger partial charge in [-0.2, -0.15) is 13.2 Å². The minimum Gasteiger partial charge on any atom is -0.369 e. The number of pyridine rings is 1. The third-order valence-corrected chi connectivity index (χ3v) is 4.13. The molecule has 3 rings (SSSR count). The molecule has 0 bridgehead atoms. The van der Waals surface area contributed by atoms with E-state index in [1.165, 1.54) is 12.1 Å². The van der Waals surface area contributed by atoms with Gasteiger partial charge in [0.25, 0.3) is 0 Å². The van der Waals surface area contributed by atoms with Crippen LogP contribution in [0.2, 0.25) is 5.02 Å². The van der Waals surface area contributed by atoms with E-state index < -0.39 is 18.0 Å². The number of alkyl halides is 3. The molecule has 2 aliphatic rings. The summed E-state index contributed by atoms with van der Waals surface area (Å²) >= 11 is 5.59. The van der Waals surface area contributed by atoms with E-state index in [1.807, 2.05) is 0 Å². The molecule has 21 heavy (non-hydrogen) atoms. The zero-order chi connectivity index (χ0) is 15.0. The predicted molar refractivity (Wildman–Crippen MR) is 71.2 cm³/mol. The average Bonchev–Trinajstić information content (AvgIpc) is 2.46. The second-order valence-corrected chi connectivity index (χ2v) is 5.65. The zero-order valence-electron chi connectivity index (χ0n) is 11.2. The maximum absolute atomic E-state index is 12.9. The van der Waals surface area contributed by atoms with Crippen molar-refractivity contribution < 1.29 is 17.9 Å². The fourth-order valence-corrected chi connectivity index (χ4v) is 2.93. The van der Waals surface area contributed by atoms with Gasteiger partial charge in [-0.3, -0.25) is 4.90 Å². The Bertz CT molecular complexity index is 526. The highest BCUT2D eigenvalue weighted by atomic mass is 35.5. The number of nitrogens with zero attached hydrogens (tertiary/aromatic N) is 2. The standard InChI is InChI=1S/C13H15ClF3N3O/c14-9-1-2-10(19-12(9)13(15,16)17)11-6-20-4-3-18-5-8(20)7-21-11/h1-2,8,11,18H,3-7H2/t8-,11-/m0/s1. The van der Waals surface area contributed by atoms with E-state index >= 15 is 0 Å². The Labute approximate surface area is 125 Å². The fourth-order valence-electron chi connectivity index (χ4n) is 2.71. The topological polar surface area (TPSA) is 37.4 Å². The van der Waals surface area contributed by atoms with Gasteiger partial charge in [-0.05, 0) is 12.1 Å². The lowest BCUT2D eigenvalue weighted by atomic mass is 10.1. The normalized spacial score (nSPS) is 27.4. The van der Waals surface area contributed by atoms with Crippen LogP contribution in [0.4, 0.5) is 13.2 Å². The summed E-state index contributed by atoms with van der Waals surface area (Å²) < 4.78 is 44.3. The number of nitrogens with one attached hydrogen (secondary N) is 1. The lowest BCUT2D eigenvalue weighted by Crippen LogP contribution is -2.57. The van der Waals surface area contributed by atoms with E-state index in [9.17, 15) is 13.2 Å². The van der Waals surface area contributed by atoms with Gasteiger partial charge in [-0.25, -0.2) is 4.98 Å². The SMILES string of the molecule is FC(F)(F)c1nc([C@@H]2CN3CCNC[C@H]3CO2)ccc1Cl. The zero-order valence-corrected chi connectivity index (χ0v) is 11.9. The Kier molecular flexibility index (Phi) is 4.09. The van der Waals surface area contributed by atoms with Crippen LogP contribution < -0.4 is 5.32 Å². The Morgan fingerprint density at radius 1 is 1.38 bits per heavy atom. The van der Waals surface area contributed by atoms with Gasteiger partial charge in [0, 0.05) is 32.2 Å². The maximum Gasteiger partial charge on any atom is 0.434 e. The molecule has 0 aromatic carbocycles. The molecule has 2 fully saturated rings. The lowest BCUT2D eigenvalue weighted by molar-refractivity contribution is -0.141. The molecule has 0 radical (unpaired) electrons. The van der Waals surface area contributed by atoms with Crippen molar-refractivity contribution in [2.45, 2.75) is 18.3 Å². The average molecular weight is 322 g/mol. The largest absolute Gasteiger partial charge is 0.434 e. The summed E-state index contributed by atoms with van der Waals surface area (Å²) in [6.45, 7) is 3.63. The Morgan fingerprint density at radius 2 is 2.19 bits per heavy atom. The maximum atomic E-state index is 12.9. The minimum atomic E-state index is -4.56. The summed E-state index contributed by atoms with van der Waals surface area (Å²) in [7, 11) is 0. The van der Waals surface area contributed by atoms with Crippen molar-refractivity contribution in [3.8, 4) is 0 Å². The van der Waals surface area contributed by atoms with Crippen LogP contribution in [0.5, 0.6) is 0 Å². The van der Waals surface area contributed by atoms with Gasteiger partial charge in [0.1, 0.15) is 6.10 Å². The second-order valence-electron chi connectivity index (χ2n) is 5.24. The highest BCUT2D eigenvalue weighted by molar-refractivity contribution is 6.31. The number of fused-ring (bicyclic) bond motifs is 1. The first kappa shape index (κ1) is 15.0. The van der Waals surface area contributed by atoms with Crippen LogP contribution in [-0.2, 0) is 10.9 Å². The molecule has 0 amide bonds. The summed E-state index contributed by atoms with van der Waals surface area (Å²) in [6.07, 6.45) is -5.00. The van der Waals surface area contributed by atoms with Gasteiger partial charge >= 0.3 is 6.18 Å². The predicted octanol–water partition coefficient (Wildman–Crippen LogP) is 2.10. The molecular weight excluding hydrogens is 307 g/mol. The van der Waals surface area contributed by atoms with E-state index in [1.54, 1.807) is 0 Å². The van der Waals surface area contributed by atoms with Gasteiger partial charge in [-0.15, -0.1) is 0 Å². The van der Waals surface area contributed by atoms with Crippen molar-refractivity contribution in [2.75, 3.05) is 32.8 Å². The van der Waals surface area contributed by atoms with Gasteiger partial charge in [0.05, 0.1) is 17.3 Å². The molecule has 0 aliphatic carbocycles. The molecule has 8 heteroatoms. The van der Waals surface area contributed by atoms with Crippen molar-refractivity contribution in [1.29, 1.82) is 0 Å². The summed E-state index contributed by atoms with van der Waals surface area (Å²) in [5.74, 6) is 0. The van der Waals surface area contributed by atoms with Crippen molar-refractivity contribution in [3.63, 3.8) is 0 Å². The van der Waals surface area contributed by atoms with Crippen molar-refractivity contribution >= 4 is 11.6 Å². The molecule has 1 N–H and O–H groups in total. The molecule has 2 aliphatic heterocycles. The van der Waals surface area contributed by atoms with Crippen LogP contribution in [0.15, 0.2) is 12.1 Å². The third-order valence-electron chi connectivity index (χ3n) is 3.83. The second kappa shape index (κ2) is 5.72. The van der Waals surface area contributed by atoms with Crippen LogP contribution in [0.3, 0.4) is 0 Å². The first-order valence-corrected chi connectivity index (χ1v) is 7.13. The summed E-state index contributed by atoms with van der Waals surface area (Å²) in [6, 6.07) is 3.02. The first-order valence-electron chi connectivity index (χ1n) is 6.75. The molecule has 2 atom stereocenters. The number of aromatic nitrogens is 1. The first-order chi connectivity index (χ1) is 9.95. The van der Waals surface area contributed by atoms with E-state index in [0.717, 1.165) is 19.6 Å². The Morgan fingerprint density at radius 3 is 2.95 bits per heavy atom. The number of rotatable bonds is 1. The lowest BCUT2D eigenvalue weighted by Gasteiger charge is -2.42. The Balaban J connectivity index is 1.81. The van der Waals surface area contributed by atoms with Gasteiger partial charge < -0.3 is 10.1 Å². The fraction of sp³-hybridized carbons (Fsp3) is 0.615. The molecule has 3 heterocycles. The van der Waals surface area contributed by atoms with E-state index in [4.69, 9.17) is 16.3 Å². The highest BCUT2D eigenvalue weighted by Gasteiger charge is 2.37. The third kappa shape index (κ3) is 3.15. The summed E-state index contributed by atoms with van der Waals surface area (Å²) in [5, 5.41) is 2.88. The molecule has 0 saturated carbocycles. The monoisotopic (exact) mass is 321 g/mol.